The van der Waals surface area contributed by atoms with Crippen molar-refractivity contribution in [2.75, 3.05) is 0 Å². The molecule has 0 amide bonds. The van der Waals surface area contributed by atoms with Crippen LogP contribution in [0.15, 0.2) is 0 Å². The van der Waals surface area contributed by atoms with E-state index in [4.69, 9.17) is 22.9 Å². The van der Waals surface area contributed by atoms with E-state index in [0.29, 0.717) is 0 Å². The number of hydrogen-bond acceptors (Lipinski definition) is 5. The summed E-state index contributed by atoms with van der Waals surface area (Å²) in [4.78, 5) is 0. The van der Waals surface area contributed by atoms with Crippen molar-refractivity contribution in [3.63, 3.8) is 0 Å². The van der Waals surface area contributed by atoms with Crippen LogP contribution in [0, 0.1) is 0 Å². The molecular formula is H4MoO6. The second-order valence-corrected chi connectivity index (χ2v) is 1.73. The zero-order valence-electron chi connectivity index (χ0n) is 3.01. The van der Waals surface area contributed by atoms with Crippen molar-refractivity contribution in [1.29, 1.82) is 0 Å². The first-order chi connectivity index (χ1) is 3.27. The third kappa shape index (κ3) is 22.1. The normalized spacial score (nSPS) is 7.57. The Morgan fingerprint density at radius 2 is 1.57 bits per heavy atom. The van der Waals surface area contributed by atoms with Gasteiger partial charge in [-0.15, -0.1) is 0 Å². The first-order valence-corrected chi connectivity index (χ1v) is 3.43. The summed E-state index contributed by atoms with van der Waals surface area (Å²) in [6, 6.07) is 0. The Hall–Kier alpha value is 0.288. The molecule has 4 N–H and O–H groups in total. The summed E-state index contributed by atoms with van der Waals surface area (Å²) in [6.45, 7) is 0. The summed E-state index contributed by atoms with van der Waals surface area (Å²) in [6.07, 6.45) is 0. The Labute approximate surface area is 45.2 Å². The molecule has 0 aromatic heterocycles. The summed E-state index contributed by atoms with van der Waals surface area (Å²) in [7, 11) is 0. The van der Waals surface area contributed by atoms with E-state index in [1.54, 1.807) is 0 Å². The summed E-state index contributed by atoms with van der Waals surface area (Å²) in [5, 5.41) is 19.2. The van der Waals surface area contributed by atoms with Crippen LogP contribution in [0.1, 0.15) is 0 Å². The van der Waals surface area contributed by atoms with Crippen LogP contribution < -0.4 is 0 Å². The molecular weight excluding hydrogens is 192 g/mol. The van der Waals surface area contributed by atoms with Crippen LogP contribution in [0.2, 0.25) is 0 Å². The molecule has 0 aliphatic heterocycles. The molecule has 0 fully saturated rings. The van der Waals surface area contributed by atoms with E-state index < -0.39 is 18.0 Å². The van der Waals surface area contributed by atoms with E-state index in [1.165, 1.54) is 0 Å². The first kappa shape index (κ1) is 10.3. The van der Waals surface area contributed by atoms with E-state index in [1.807, 2.05) is 0 Å². The summed E-state index contributed by atoms with van der Waals surface area (Å²) < 4.78 is 19.6. The van der Waals surface area contributed by atoms with Gasteiger partial charge in [0, 0.05) is 0 Å². The van der Waals surface area contributed by atoms with Crippen LogP contribution in [-0.2, 0) is 25.0 Å². The topological polar surface area (TPSA) is 107 Å². The van der Waals surface area contributed by atoms with Gasteiger partial charge in [0.05, 0.1) is 0 Å². The number of rotatable bonds is 1. The van der Waals surface area contributed by atoms with Crippen LogP contribution in [-0.4, -0.2) is 19.5 Å². The van der Waals surface area contributed by atoms with Gasteiger partial charge in [0.2, 0.25) is 0 Å². The molecule has 0 saturated heterocycles. The minimum atomic E-state index is -3.58. The second kappa shape index (κ2) is 9.56. The Morgan fingerprint density at radius 1 is 1.43 bits per heavy atom. The summed E-state index contributed by atoms with van der Waals surface area (Å²) in [5.41, 5.74) is 0. The van der Waals surface area contributed by atoms with Gasteiger partial charge in [-0.1, -0.05) is 0 Å². The summed E-state index contributed by atoms with van der Waals surface area (Å²) in [5.74, 6) is 0. The van der Waals surface area contributed by atoms with Gasteiger partial charge in [-0.05, 0) is 0 Å². The quantitative estimate of drug-likeness (QED) is 0.250. The van der Waals surface area contributed by atoms with Crippen LogP contribution in [0.25, 0.3) is 0 Å². The molecule has 0 aromatic carbocycles. The van der Waals surface area contributed by atoms with Gasteiger partial charge in [-0.25, -0.2) is 0 Å². The Bertz CT molecular complexity index is 39.4. The maximum atomic E-state index is 9.15. The minimum absolute atomic E-state index is 2.92. The molecule has 0 unspecified atom stereocenters. The molecule has 6 nitrogen and oxygen atoms in total. The molecule has 0 rings (SSSR count). The van der Waals surface area contributed by atoms with Crippen molar-refractivity contribution in [3.8, 4) is 0 Å². The van der Waals surface area contributed by atoms with Crippen LogP contribution in [0.5, 0.6) is 0 Å². The van der Waals surface area contributed by atoms with Gasteiger partial charge in [-0.3, -0.25) is 10.5 Å². The summed E-state index contributed by atoms with van der Waals surface area (Å²) >= 11 is -3.58. The van der Waals surface area contributed by atoms with E-state index >= 15 is 0 Å². The van der Waals surface area contributed by atoms with Crippen molar-refractivity contribution in [2.45, 2.75) is 0 Å². The maximum absolute atomic E-state index is 9.15. The zero-order valence-corrected chi connectivity index (χ0v) is 5.02. The monoisotopic (exact) mass is 198 g/mol. The van der Waals surface area contributed by atoms with Gasteiger partial charge in [-0.2, -0.15) is 0 Å². The van der Waals surface area contributed by atoms with Gasteiger partial charge in [0.25, 0.3) is 0 Å². The van der Waals surface area contributed by atoms with Crippen LogP contribution >= 0.6 is 0 Å². The van der Waals surface area contributed by atoms with Crippen molar-refractivity contribution >= 4 is 0 Å². The Balaban J connectivity index is 0. The zero-order chi connectivity index (χ0) is 6.28. The molecule has 0 aromatic rings. The molecule has 0 spiro atoms. The molecule has 7 heavy (non-hydrogen) atoms. The van der Waals surface area contributed by atoms with E-state index in [2.05, 4.69) is 3.54 Å². The van der Waals surface area contributed by atoms with Crippen molar-refractivity contribution in [1.82, 2.24) is 0 Å². The fourth-order valence-corrected chi connectivity index (χ4v) is 0. The Morgan fingerprint density at radius 3 is 1.57 bits per heavy atom. The standard InChI is InChI=1S/Mo.2H2O2.H2O.O/c;2*1-2;;/h;2*1-2H;1H2;/q+2;;;;/p-2. The van der Waals surface area contributed by atoms with Crippen LogP contribution in [0.3, 0.4) is 0 Å². The third-order valence-corrected chi connectivity index (χ3v) is 0.377. The predicted molar refractivity (Wildman–Crippen MR) is 11.9 cm³/mol. The third-order valence-electron chi connectivity index (χ3n) is 0.0638. The fourth-order valence-electron chi connectivity index (χ4n) is 0. The molecule has 0 bridgehead atoms. The van der Waals surface area contributed by atoms with Crippen molar-refractivity contribution in [2.24, 2.45) is 0 Å². The van der Waals surface area contributed by atoms with Gasteiger partial charge >= 0.3 is 34.0 Å². The Kier molecular flexibility index (Phi) is 14.1. The fraction of sp³-hybridized carbons (Fsp3) is 0. The van der Waals surface area contributed by atoms with E-state index in [-0.39, 0.29) is 0 Å². The molecule has 0 radical (unpaired) electrons. The van der Waals surface area contributed by atoms with Crippen LogP contribution in [0.4, 0.5) is 0 Å². The van der Waals surface area contributed by atoms with Crippen molar-refractivity contribution < 1.29 is 44.5 Å². The van der Waals surface area contributed by atoms with Gasteiger partial charge < -0.3 is 0 Å². The van der Waals surface area contributed by atoms with E-state index in [0.717, 1.165) is 0 Å². The predicted octanol–water partition coefficient (Wildman–Crippen LogP) is -0.721. The first-order valence-electron chi connectivity index (χ1n) is 0.898. The second-order valence-electron chi connectivity index (χ2n) is 0.292. The molecule has 0 aliphatic carbocycles. The van der Waals surface area contributed by atoms with Gasteiger partial charge in [0.1, 0.15) is 0 Å². The molecule has 0 aliphatic rings. The molecule has 0 atom stereocenters. The SMILES string of the molecule is OO.[O]=[Mo]([OH])[O]O. The van der Waals surface area contributed by atoms with Crippen molar-refractivity contribution in [3.05, 3.63) is 0 Å². The molecule has 46 valence electrons. The number of hydrogen-bond donors (Lipinski definition) is 4. The average Bonchev–Trinajstić information content (AvgIpc) is 1.73. The molecule has 0 heterocycles. The average molecular weight is 196 g/mol. The molecule has 0 saturated carbocycles. The molecule has 7 heteroatoms. The van der Waals surface area contributed by atoms with Gasteiger partial charge in [0.15, 0.2) is 0 Å². The van der Waals surface area contributed by atoms with E-state index in [9.17, 15) is 0 Å².